The second-order valence-electron chi connectivity index (χ2n) is 4.05. The van der Waals surface area contributed by atoms with E-state index in [1.807, 2.05) is 18.2 Å². The Hall–Kier alpha value is -1.83. The van der Waals surface area contributed by atoms with Gasteiger partial charge in [-0.3, -0.25) is 4.79 Å². The SMILES string of the molecule is NC(=O)CC1C=CC(c2ccccc2)=CC1. The summed E-state index contributed by atoms with van der Waals surface area (Å²) in [6.45, 7) is 0. The summed E-state index contributed by atoms with van der Waals surface area (Å²) in [5.41, 5.74) is 7.62. The van der Waals surface area contributed by atoms with Crippen molar-refractivity contribution in [2.45, 2.75) is 12.8 Å². The van der Waals surface area contributed by atoms with Crippen LogP contribution in [-0.2, 0) is 4.79 Å². The number of allylic oxidation sites excluding steroid dienone is 4. The number of carbonyl (C=O) groups is 1. The lowest BCUT2D eigenvalue weighted by Gasteiger charge is -2.14. The Morgan fingerprint density at radius 3 is 2.62 bits per heavy atom. The molecule has 1 unspecified atom stereocenters. The maximum absolute atomic E-state index is 10.8. The van der Waals surface area contributed by atoms with E-state index in [0.717, 1.165) is 6.42 Å². The highest BCUT2D eigenvalue weighted by Gasteiger charge is 2.11. The third-order valence-corrected chi connectivity index (χ3v) is 2.76. The van der Waals surface area contributed by atoms with Crippen LogP contribution in [0, 0.1) is 5.92 Å². The fraction of sp³-hybridized carbons (Fsp3) is 0.214. The number of carbonyl (C=O) groups excluding carboxylic acids is 1. The smallest absolute Gasteiger partial charge is 0.218 e. The molecule has 0 bridgehead atoms. The lowest BCUT2D eigenvalue weighted by molar-refractivity contribution is -0.118. The summed E-state index contributed by atoms with van der Waals surface area (Å²) in [7, 11) is 0. The largest absolute Gasteiger partial charge is 0.370 e. The Labute approximate surface area is 95.5 Å². The number of amides is 1. The number of benzene rings is 1. The third-order valence-electron chi connectivity index (χ3n) is 2.76. The topological polar surface area (TPSA) is 43.1 Å². The van der Waals surface area contributed by atoms with Crippen molar-refractivity contribution in [3.8, 4) is 0 Å². The van der Waals surface area contributed by atoms with Gasteiger partial charge in [0.05, 0.1) is 0 Å². The fourth-order valence-corrected chi connectivity index (χ4v) is 1.92. The highest BCUT2D eigenvalue weighted by Crippen LogP contribution is 2.25. The molecule has 1 aromatic rings. The Bertz CT molecular complexity index is 431. The van der Waals surface area contributed by atoms with Crippen LogP contribution in [0.3, 0.4) is 0 Å². The number of primary amides is 1. The summed E-state index contributed by atoms with van der Waals surface area (Å²) in [6, 6.07) is 10.2. The Morgan fingerprint density at radius 2 is 2.06 bits per heavy atom. The zero-order valence-corrected chi connectivity index (χ0v) is 9.10. The van der Waals surface area contributed by atoms with Crippen molar-refractivity contribution in [3.63, 3.8) is 0 Å². The highest BCUT2D eigenvalue weighted by molar-refractivity contribution is 5.77. The first kappa shape index (κ1) is 10.7. The van der Waals surface area contributed by atoms with E-state index in [0.29, 0.717) is 6.42 Å². The van der Waals surface area contributed by atoms with E-state index in [9.17, 15) is 4.79 Å². The number of nitrogens with two attached hydrogens (primary N) is 1. The van der Waals surface area contributed by atoms with Crippen molar-refractivity contribution >= 4 is 11.5 Å². The molecule has 2 nitrogen and oxygen atoms in total. The maximum Gasteiger partial charge on any atom is 0.218 e. The average molecular weight is 213 g/mol. The Kier molecular flexibility index (Phi) is 3.20. The summed E-state index contributed by atoms with van der Waals surface area (Å²) < 4.78 is 0. The van der Waals surface area contributed by atoms with Gasteiger partial charge in [0.15, 0.2) is 0 Å². The van der Waals surface area contributed by atoms with E-state index >= 15 is 0 Å². The molecule has 1 amide bonds. The van der Waals surface area contributed by atoms with Crippen molar-refractivity contribution in [1.29, 1.82) is 0 Å². The van der Waals surface area contributed by atoms with E-state index in [4.69, 9.17) is 5.73 Å². The molecule has 1 aliphatic rings. The summed E-state index contributed by atoms with van der Waals surface area (Å²) in [6.07, 6.45) is 7.65. The van der Waals surface area contributed by atoms with Gasteiger partial charge in [0.25, 0.3) is 0 Å². The molecule has 0 fully saturated rings. The first-order valence-corrected chi connectivity index (χ1v) is 5.48. The van der Waals surface area contributed by atoms with Crippen molar-refractivity contribution in [3.05, 3.63) is 54.1 Å². The lowest BCUT2D eigenvalue weighted by Crippen LogP contribution is -2.15. The van der Waals surface area contributed by atoms with Crippen LogP contribution in [0.2, 0.25) is 0 Å². The maximum atomic E-state index is 10.8. The second-order valence-corrected chi connectivity index (χ2v) is 4.05. The van der Waals surface area contributed by atoms with Crippen LogP contribution in [0.1, 0.15) is 18.4 Å². The predicted octanol–water partition coefficient (Wildman–Crippen LogP) is 2.52. The number of rotatable bonds is 3. The molecule has 0 aromatic heterocycles. The highest BCUT2D eigenvalue weighted by atomic mass is 16.1. The molecule has 0 saturated carbocycles. The zero-order chi connectivity index (χ0) is 11.4. The van der Waals surface area contributed by atoms with Crippen LogP contribution in [0.4, 0.5) is 0 Å². The van der Waals surface area contributed by atoms with E-state index in [2.05, 4.69) is 30.4 Å². The van der Waals surface area contributed by atoms with Gasteiger partial charge in [0.1, 0.15) is 0 Å². The number of hydrogen-bond donors (Lipinski definition) is 1. The normalized spacial score (nSPS) is 19.2. The van der Waals surface area contributed by atoms with Crippen LogP contribution < -0.4 is 5.73 Å². The summed E-state index contributed by atoms with van der Waals surface area (Å²) in [5, 5.41) is 0. The van der Waals surface area contributed by atoms with E-state index in [1.165, 1.54) is 11.1 Å². The van der Waals surface area contributed by atoms with Crippen LogP contribution in [0.5, 0.6) is 0 Å². The molecular weight excluding hydrogens is 198 g/mol. The Morgan fingerprint density at radius 1 is 1.31 bits per heavy atom. The lowest BCUT2D eigenvalue weighted by atomic mass is 9.91. The molecule has 1 atom stereocenters. The van der Waals surface area contributed by atoms with Gasteiger partial charge in [-0.1, -0.05) is 48.6 Å². The first-order valence-electron chi connectivity index (χ1n) is 5.48. The standard InChI is InChI=1S/C14H15NO/c15-14(16)10-11-6-8-13(9-7-11)12-4-2-1-3-5-12/h1-6,8-9,11H,7,10H2,(H2,15,16). The van der Waals surface area contributed by atoms with E-state index < -0.39 is 0 Å². The minimum absolute atomic E-state index is 0.230. The van der Waals surface area contributed by atoms with Crippen molar-refractivity contribution in [2.75, 3.05) is 0 Å². The average Bonchev–Trinajstić information content (AvgIpc) is 2.30. The molecule has 0 heterocycles. The van der Waals surface area contributed by atoms with Crippen LogP contribution in [0.15, 0.2) is 48.6 Å². The van der Waals surface area contributed by atoms with Gasteiger partial charge >= 0.3 is 0 Å². The van der Waals surface area contributed by atoms with Crippen LogP contribution in [-0.4, -0.2) is 5.91 Å². The van der Waals surface area contributed by atoms with Gasteiger partial charge in [-0.05, 0) is 23.5 Å². The molecule has 2 N–H and O–H groups in total. The molecule has 1 aliphatic carbocycles. The summed E-state index contributed by atoms with van der Waals surface area (Å²) >= 11 is 0. The molecule has 16 heavy (non-hydrogen) atoms. The molecule has 2 heteroatoms. The second kappa shape index (κ2) is 4.79. The van der Waals surface area contributed by atoms with Gasteiger partial charge in [-0.15, -0.1) is 0 Å². The van der Waals surface area contributed by atoms with Gasteiger partial charge in [0.2, 0.25) is 5.91 Å². The quantitative estimate of drug-likeness (QED) is 0.823. The molecule has 0 saturated heterocycles. The van der Waals surface area contributed by atoms with Gasteiger partial charge < -0.3 is 5.73 Å². The first-order chi connectivity index (χ1) is 7.75. The fourth-order valence-electron chi connectivity index (χ4n) is 1.92. The van der Waals surface area contributed by atoms with Crippen molar-refractivity contribution in [1.82, 2.24) is 0 Å². The third kappa shape index (κ3) is 2.60. The van der Waals surface area contributed by atoms with Gasteiger partial charge in [-0.2, -0.15) is 0 Å². The molecule has 0 radical (unpaired) electrons. The van der Waals surface area contributed by atoms with Crippen molar-refractivity contribution < 1.29 is 4.79 Å². The molecule has 0 spiro atoms. The van der Waals surface area contributed by atoms with E-state index in [-0.39, 0.29) is 11.8 Å². The van der Waals surface area contributed by atoms with Gasteiger partial charge in [-0.25, -0.2) is 0 Å². The summed E-state index contributed by atoms with van der Waals surface area (Å²) in [4.78, 5) is 10.8. The summed E-state index contributed by atoms with van der Waals surface area (Å²) in [5.74, 6) is 0.0381. The molecule has 82 valence electrons. The minimum atomic E-state index is -0.230. The van der Waals surface area contributed by atoms with Crippen molar-refractivity contribution in [2.24, 2.45) is 11.7 Å². The van der Waals surface area contributed by atoms with Crippen LogP contribution >= 0.6 is 0 Å². The molecular formula is C14H15NO. The minimum Gasteiger partial charge on any atom is -0.370 e. The van der Waals surface area contributed by atoms with E-state index in [1.54, 1.807) is 0 Å². The van der Waals surface area contributed by atoms with Gasteiger partial charge in [0, 0.05) is 6.42 Å². The molecule has 1 aromatic carbocycles. The van der Waals surface area contributed by atoms with Crippen LogP contribution in [0.25, 0.3) is 5.57 Å². The molecule has 2 rings (SSSR count). The monoisotopic (exact) mass is 213 g/mol. The zero-order valence-electron chi connectivity index (χ0n) is 9.10. The predicted molar refractivity (Wildman–Crippen MR) is 65.5 cm³/mol. The Balaban J connectivity index is 2.05. The molecule has 0 aliphatic heterocycles. The number of hydrogen-bond acceptors (Lipinski definition) is 1.